The highest BCUT2D eigenvalue weighted by atomic mass is 35.5. The van der Waals surface area contributed by atoms with Crippen molar-refractivity contribution in [2.24, 2.45) is 0 Å². The van der Waals surface area contributed by atoms with E-state index in [1.807, 2.05) is 0 Å². The number of aliphatic carboxylic acids is 1. The van der Waals surface area contributed by atoms with Crippen molar-refractivity contribution in [3.63, 3.8) is 0 Å². The maximum atomic E-state index is 13.9. The SMILES string of the molecule is COc1ccc(CN2C(=O)[C@H](CC(=O)O)O[C@@H](c3cc(Cl)cc(OC)c3OC)c3cc(Cl)ccc32)c(OC)c1. The first-order chi connectivity index (χ1) is 18.7. The van der Waals surface area contributed by atoms with Crippen LogP contribution in [0.2, 0.25) is 10.0 Å². The molecule has 3 aromatic carbocycles. The van der Waals surface area contributed by atoms with Gasteiger partial charge < -0.3 is 33.7 Å². The second kappa shape index (κ2) is 12.0. The number of hydrogen-bond donors (Lipinski definition) is 1. The number of methoxy groups -OCH3 is 4. The van der Waals surface area contributed by atoms with Gasteiger partial charge in [0, 0.05) is 38.9 Å². The summed E-state index contributed by atoms with van der Waals surface area (Å²) in [4.78, 5) is 27.2. The molecular formula is C28H27Cl2NO8. The van der Waals surface area contributed by atoms with Gasteiger partial charge in [-0.2, -0.15) is 0 Å². The summed E-state index contributed by atoms with van der Waals surface area (Å²) in [5.74, 6) is -0.000436. The number of carboxylic acids is 1. The maximum absolute atomic E-state index is 13.9. The van der Waals surface area contributed by atoms with Gasteiger partial charge in [-0.25, -0.2) is 0 Å². The van der Waals surface area contributed by atoms with Gasteiger partial charge in [-0.1, -0.05) is 23.2 Å². The average molecular weight is 576 g/mol. The van der Waals surface area contributed by atoms with Crippen LogP contribution < -0.4 is 23.8 Å². The summed E-state index contributed by atoms with van der Waals surface area (Å²) in [6.45, 7) is 0.0584. The molecule has 0 saturated heterocycles. The van der Waals surface area contributed by atoms with Crippen LogP contribution in [0.1, 0.15) is 29.2 Å². The lowest BCUT2D eigenvalue weighted by Crippen LogP contribution is -2.40. The molecule has 1 N–H and O–H groups in total. The first kappa shape index (κ1) is 28.4. The van der Waals surface area contributed by atoms with E-state index in [0.717, 1.165) is 0 Å². The van der Waals surface area contributed by atoms with E-state index in [-0.39, 0.29) is 6.54 Å². The number of hydrogen-bond acceptors (Lipinski definition) is 7. The minimum atomic E-state index is -1.35. The fourth-order valence-corrected chi connectivity index (χ4v) is 4.97. The zero-order valence-corrected chi connectivity index (χ0v) is 23.2. The number of halogens is 2. The number of amides is 1. The van der Waals surface area contributed by atoms with Crippen LogP contribution in [0.4, 0.5) is 5.69 Å². The Morgan fingerprint density at radius 1 is 0.897 bits per heavy atom. The molecule has 1 heterocycles. The first-order valence-electron chi connectivity index (χ1n) is 11.8. The molecular weight excluding hydrogens is 549 g/mol. The highest BCUT2D eigenvalue weighted by Crippen LogP contribution is 2.47. The smallest absolute Gasteiger partial charge is 0.306 e. The third-order valence-corrected chi connectivity index (χ3v) is 6.80. The Hall–Kier alpha value is -3.66. The lowest BCUT2D eigenvalue weighted by Gasteiger charge is -2.26. The predicted octanol–water partition coefficient (Wildman–Crippen LogP) is 5.52. The molecule has 0 saturated carbocycles. The number of rotatable bonds is 9. The van der Waals surface area contributed by atoms with Gasteiger partial charge >= 0.3 is 5.97 Å². The van der Waals surface area contributed by atoms with Gasteiger partial charge in [0.15, 0.2) is 11.5 Å². The molecule has 9 nitrogen and oxygen atoms in total. The highest BCUT2D eigenvalue weighted by molar-refractivity contribution is 6.31. The fourth-order valence-electron chi connectivity index (χ4n) is 4.57. The van der Waals surface area contributed by atoms with Crippen LogP contribution in [0, 0.1) is 0 Å². The van der Waals surface area contributed by atoms with Gasteiger partial charge in [-0.3, -0.25) is 9.59 Å². The van der Waals surface area contributed by atoms with Crippen molar-refractivity contribution in [2.75, 3.05) is 33.3 Å². The summed E-state index contributed by atoms with van der Waals surface area (Å²) in [5.41, 5.74) is 2.10. The molecule has 4 rings (SSSR count). The number of fused-ring (bicyclic) bond motifs is 1. The zero-order chi connectivity index (χ0) is 28.3. The molecule has 0 radical (unpaired) electrons. The quantitative estimate of drug-likeness (QED) is 0.355. The lowest BCUT2D eigenvalue weighted by molar-refractivity contribution is -0.147. The van der Waals surface area contributed by atoms with Crippen molar-refractivity contribution in [1.29, 1.82) is 0 Å². The van der Waals surface area contributed by atoms with Crippen molar-refractivity contribution in [3.8, 4) is 23.0 Å². The van der Waals surface area contributed by atoms with E-state index in [2.05, 4.69) is 0 Å². The zero-order valence-electron chi connectivity index (χ0n) is 21.7. The molecule has 1 amide bonds. The third-order valence-electron chi connectivity index (χ3n) is 6.34. The van der Waals surface area contributed by atoms with Gasteiger partial charge in [-0.15, -0.1) is 0 Å². The summed E-state index contributed by atoms with van der Waals surface area (Å²) < 4.78 is 28.2. The van der Waals surface area contributed by atoms with E-state index in [4.69, 9.17) is 46.9 Å². The maximum Gasteiger partial charge on any atom is 0.306 e. The number of carbonyl (C=O) groups is 2. The molecule has 0 bridgehead atoms. The summed E-state index contributed by atoms with van der Waals surface area (Å²) in [7, 11) is 5.99. The summed E-state index contributed by atoms with van der Waals surface area (Å²) >= 11 is 12.8. The Kier molecular flexibility index (Phi) is 8.74. The fraction of sp³-hybridized carbons (Fsp3) is 0.286. The first-order valence-corrected chi connectivity index (χ1v) is 12.6. The molecule has 0 unspecified atom stereocenters. The second-order valence-electron chi connectivity index (χ2n) is 8.64. The van der Waals surface area contributed by atoms with Crippen LogP contribution in [-0.2, 0) is 20.9 Å². The van der Waals surface area contributed by atoms with Crippen LogP contribution in [0.25, 0.3) is 0 Å². The molecule has 1 aliphatic heterocycles. The predicted molar refractivity (Wildman–Crippen MR) is 146 cm³/mol. The van der Waals surface area contributed by atoms with Crippen molar-refractivity contribution >= 4 is 40.8 Å². The third kappa shape index (κ3) is 5.85. The van der Waals surface area contributed by atoms with Crippen LogP contribution in [0.15, 0.2) is 48.5 Å². The molecule has 2 atom stereocenters. The molecule has 11 heteroatoms. The normalized spacial score (nSPS) is 16.8. The molecule has 1 aliphatic rings. The van der Waals surface area contributed by atoms with Crippen LogP contribution in [0.5, 0.6) is 23.0 Å². The number of nitrogens with zero attached hydrogens (tertiary/aromatic N) is 1. The largest absolute Gasteiger partial charge is 0.497 e. The highest BCUT2D eigenvalue weighted by Gasteiger charge is 2.39. The van der Waals surface area contributed by atoms with E-state index in [9.17, 15) is 14.7 Å². The molecule has 0 fully saturated rings. The summed E-state index contributed by atoms with van der Waals surface area (Å²) in [5, 5.41) is 10.4. The van der Waals surface area contributed by atoms with E-state index in [0.29, 0.717) is 55.4 Å². The van der Waals surface area contributed by atoms with Crippen LogP contribution in [0.3, 0.4) is 0 Å². The summed E-state index contributed by atoms with van der Waals surface area (Å²) in [6, 6.07) is 13.5. The summed E-state index contributed by atoms with van der Waals surface area (Å²) in [6.07, 6.45) is -2.90. The van der Waals surface area contributed by atoms with Crippen LogP contribution in [-0.4, -0.2) is 51.5 Å². The minimum absolute atomic E-state index is 0.0584. The number of ether oxygens (including phenoxy) is 5. The molecule has 0 spiro atoms. The molecule has 0 aliphatic carbocycles. The standard InChI is InChI=1S/C28H27Cl2NO8/c1-35-18-7-5-15(22(12-18)36-2)14-31-21-8-6-16(29)9-19(21)26(39-24(28(31)34)13-25(32)33)20-10-17(30)11-23(37-3)27(20)38-4/h5-12,24,26H,13-14H2,1-4H3,(H,32,33)/t24-,26+/m0/s1. The van der Waals surface area contributed by atoms with Gasteiger partial charge in [0.25, 0.3) is 5.91 Å². The van der Waals surface area contributed by atoms with Gasteiger partial charge in [0.1, 0.15) is 23.7 Å². The van der Waals surface area contributed by atoms with Crippen molar-refractivity contribution in [2.45, 2.75) is 25.2 Å². The Morgan fingerprint density at radius 2 is 1.62 bits per heavy atom. The molecule has 0 aromatic heterocycles. The Balaban J connectivity index is 1.94. The lowest BCUT2D eigenvalue weighted by atomic mass is 9.97. The Bertz CT molecular complexity index is 1400. The number of benzene rings is 3. The Labute approximate surface area is 235 Å². The minimum Gasteiger partial charge on any atom is -0.497 e. The second-order valence-corrected chi connectivity index (χ2v) is 9.51. The van der Waals surface area contributed by atoms with E-state index >= 15 is 0 Å². The van der Waals surface area contributed by atoms with Gasteiger partial charge in [0.05, 0.1) is 47.1 Å². The van der Waals surface area contributed by atoms with Gasteiger partial charge in [0.2, 0.25) is 0 Å². The molecule has 3 aromatic rings. The number of carbonyl (C=O) groups excluding carboxylic acids is 1. The van der Waals surface area contributed by atoms with Crippen molar-refractivity contribution in [1.82, 2.24) is 0 Å². The topological polar surface area (TPSA) is 104 Å². The average Bonchev–Trinajstić information content (AvgIpc) is 3.02. The Morgan fingerprint density at radius 3 is 2.26 bits per heavy atom. The van der Waals surface area contributed by atoms with Gasteiger partial charge in [-0.05, 0) is 36.4 Å². The molecule has 206 valence electrons. The van der Waals surface area contributed by atoms with Crippen molar-refractivity contribution in [3.05, 3.63) is 75.3 Å². The van der Waals surface area contributed by atoms with Crippen molar-refractivity contribution < 1.29 is 38.4 Å². The van der Waals surface area contributed by atoms with E-state index < -0.39 is 30.5 Å². The molecule has 39 heavy (non-hydrogen) atoms. The monoisotopic (exact) mass is 575 g/mol. The van der Waals surface area contributed by atoms with Crippen LogP contribution >= 0.6 is 23.2 Å². The number of anilines is 1. The van der Waals surface area contributed by atoms with E-state index in [1.54, 1.807) is 55.6 Å². The van der Waals surface area contributed by atoms with E-state index in [1.165, 1.54) is 26.2 Å². The number of carboxylic acid groups (broad SMARTS) is 1.